The highest BCUT2D eigenvalue weighted by Gasteiger charge is 2.26. The van der Waals surface area contributed by atoms with Crippen molar-refractivity contribution in [1.29, 1.82) is 0 Å². The van der Waals surface area contributed by atoms with Gasteiger partial charge in [-0.25, -0.2) is 13.4 Å². The maximum absolute atomic E-state index is 13.2. The van der Waals surface area contributed by atoms with Gasteiger partial charge in [0.2, 0.25) is 10.0 Å². The number of halogens is 1. The minimum absolute atomic E-state index is 0.0894. The molecule has 1 amide bonds. The Labute approximate surface area is 229 Å². The Morgan fingerprint density at radius 2 is 1.70 bits per heavy atom. The predicted octanol–water partition coefficient (Wildman–Crippen LogP) is 5.23. The smallest absolute Gasteiger partial charge is 0.253 e. The van der Waals surface area contributed by atoms with Crippen molar-refractivity contribution in [2.24, 2.45) is 0 Å². The average Bonchev–Trinajstić information content (AvgIpc) is 3.35. The first-order valence-electron chi connectivity index (χ1n) is 12.1. The molecule has 0 radical (unpaired) electrons. The van der Waals surface area contributed by atoms with Crippen molar-refractivity contribution in [3.05, 3.63) is 88.4 Å². The van der Waals surface area contributed by atoms with Crippen LogP contribution in [0.15, 0.2) is 82.2 Å². The van der Waals surface area contributed by atoms with E-state index in [2.05, 4.69) is 26.9 Å². The minimum Gasteiger partial charge on any atom is -0.345 e. The Kier molecular flexibility index (Phi) is 7.62. The van der Waals surface area contributed by atoms with Crippen LogP contribution in [0.5, 0.6) is 0 Å². The van der Waals surface area contributed by atoms with E-state index in [1.54, 1.807) is 23.5 Å². The number of carbonyl (C=O) groups is 1. The summed E-state index contributed by atoms with van der Waals surface area (Å²) in [5.41, 5.74) is 2.39. The molecule has 0 saturated carbocycles. The van der Waals surface area contributed by atoms with Crippen molar-refractivity contribution in [3.8, 4) is 0 Å². The number of fused-ring (bicyclic) bond motifs is 1. The second-order valence-electron chi connectivity index (χ2n) is 8.83. The van der Waals surface area contributed by atoms with Gasteiger partial charge in [0.05, 0.1) is 15.1 Å². The second kappa shape index (κ2) is 10.9. The van der Waals surface area contributed by atoms with E-state index in [-0.39, 0.29) is 10.8 Å². The van der Waals surface area contributed by atoms with Crippen LogP contribution in [0.25, 0.3) is 10.2 Å². The summed E-state index contributed by atoms with van der Waals surface area (Å²) in [5, 5.41) is 0.964. The summed E-state index contributed by atoms with van der Waals surface area (Å²) in [5.74, 6) is -0.0894. The van der Waals surface area contributed by atoms with Crippen LogP contribution in [0.4, 0.5) is 5.13 Å². The van der Waals surface area contributed by atoms with Crippen LogP contribution in [-0.2, 0) is 16.6 Å². The number of sulfonamides is 1. The molecule has 192 valence electrons. The number of anilines is 1. The van der Waals surface area contributed by atoms with Crippen LogP contribution in [0.1, 0.15) is 22.8 Å². The lowest BCUT2D eigenvalue weighted by Crippen LogP contribution is -2.48. The summed E-state index contributed by atoms with van der Waals surface area (Å²) in [4.78, 5) is 22.1. The number of thiazole rings is 1. The van der Waals surface area contributed by atoms with Crippen LogP contribution in [0.3, 0.4) is 0 Å². The highest BCUT2D eigenvalue weighted by atomic mass is 79.9. The lowest BCUT2D eigenvalue weighted by atomic mass is 10.2. The first kappa shape index (κ1) is 25.8. The molecule has 5 rings (SSSR count). The molecule has 0 spiro atoms. The maximum Gasteiger partial charge on any atom is 0.253 e. The number of hydrogen-bond acceptors (Lipinski definition) is 6. The molecule has 0 unspecified atom stereocenters. The van der Waals surface area contributed by atoms with Crippen LogP contribution in [0.2, 0.25) is 0 Å². The molecule has 1 fully saturated rings. The highest BCUT2D eigenvalue weighted by Crippen LogP contribution is 2.31. The normalized spacial score (nSPS) is 14.5. The lowest BCUT2D eigenvalue weighted by Gasteiger charge is -2.34. The fourth-order valence-electron chi connectivity index (χ4n) is 4.38. The summed E-state index contributed by atoms with van der Waals surface area (Å²) in [6, 6.07) is 21.9. The molecule has 2 heterocycles. The predicted molar refractivity (Wildman–Crippen MR) is 152 cm³/mol. The van der Waals surface area contributed by atoms with Gasteiger partial charge >= 0.3 is 0 Å². The molecule has 0 atom stereocenters. The lowest BCUT2D eigenvalue weighted by molar-refractivity contribution is 0.0746. The van der Waals surface area contributed by atoms with Crippen molar-refractivity contribution in [2.45, 2.75) is 18.4 Å². The molecule has 4 aromatic rings. The number of nitrogens with zero attached hydrogens (tertiary/aromatic N) is 4. The van der Waals surface area contributed by atoms with Gasteiger partial charge < -0.3 is 9.80 Å². The zero-order valence-corrected chi connectivity index (χ0v) is 23.6. The number of carbonyl (C=O) groups excluding carboxylic acids is 1. The highest BCUT2D eigenvalue weighted by molar-refractivity contribution is 9.10. The molecule has 1 aromatic heterocycles. The Morgan fingerprint density at radius 3 is 2.38 bits per heavy atom. The van der Waals surface area contributed by atoms with Crippen LogP contribution in [-0.4, -0.2) is 61.2 Å². The van der Waals surface area contributed by atoms with Gasteiger partial charge in [0, 0.05) is 49.3 Å². The van der Waals surface area contributed by atoms with E-state index < -0.39 is 10.0 Å². The van der Waals surface area contributed by atoms with E-state index in [1.807, 2.05) is 54.3 Å². The topological polar surface area (TPSA) is 73.8 Å². The fourth-order valence-corrected chi connectivity index (χ4v) is 7.38. The summed E-state index contributed by atoms with van der Waals surface area (Å²) in [6.45, 7) is 5.04. The van der Waals surface area contributed by atoms with E-state index in [0.29, 0.717) is 44.8 Å². The third-order valence-corrected chi connectivity index (χ3v) is 9.98. The molecule has 0 N–H and O–H groups in total. The van der Waals surface area contributed by atoms with Gasteiger partial charge in [-0.15, -0.1) is 0 Å². The number of piperazine rings is 1. The molecular weight excluding hydrogens is 572 g/mol. The monoisotopic (exact) mass is 598 g/mol. The SMILES string of the molecule is CCN(Cc1ccccc1)S(=O)(=O)c1ccc(C(=O)N2CCN(c3nc4ccc(Br)cc4s3)CC2)cc1. The van der Waals surface area contributed by atoms with E-state index in [9.17, 15) is 13.2 Å². The first-order valence-corrected chi connectivity index (χ1v) is 15.1. The van der Waals surface area contributed by atoms with Gasteiger partial charge in [0.1, 0.15) is 0 Å². The summed E-state index contributed by atoms with van der Waals surface area (Å²) in [6.07, 6.45) is 0. The third-order valence-electron chi connectivity index (χ3n) is 6.47. The van der Waals surface area contributed by atoms with Gasteiger partial charge in [-0.2, -0.15) is 4.31 Å². The van der Waals surface area contributed by atoms with Crippen molar-refractivity contribution >= 4 is 58.5 Å². The Morgan fingerprint density at radius 1 is 1.00 bits per heavy atom. The molecule has 0 bridgehead atoms. The number of rotatable bonds is 7. The van der Waals surface area contributed by atoms with E-state index in [1.165, 1.54) is 16.4 Å². The van der Waals surface area contributed by atoms with Crippen molar-refractivity contribution in [1.82, 2.24) is 14.2 Å². The maximum atomic E-state index is 13.2. The number of aromatic nitrogens is 1. The van der Waals surface area contributed by atoms with Gasteiger partial charge in [-0.1, -0.05) is 64.5 Å². The fraction of sp³-hybridized carbons (Fsp3) is 0.259. The average molecular weight is 600 g/mol. The molecule has 10 heteroatoms. The molecule has 1 aliphatic rings. The van der Waals surface area contributed by atoms with Crippen molar-refractivity contribution < 1.29 is 13.2 Å². The Hall–Kier alpha value is -2.79. The molecule has 1 aliphatic heterocycles. The van der Waals surface area contributed by atoms with Crippen LogP contribution >= 0.6 is 27.3 Å². The van der Waals surface area contributed by atoms with Gasteiger partial charge in [-0.05, 0) is 48.0 Å². The van der Waals surface area contributed by atoms with Crippen LogP contribution in [0, 0.1) is 0 Å². The van der Waals surface area contributed by atoms with E-state index in [0.717, 1.165) is 25.4 Å². The molecular formula is C27H27BrN4O3S2. The third kappa shape index (κ3) is 5.57. The van der Waals surface area contributed by atoms with Gasteiger partial charge in [0.25, 0.3) is 5.91 Å². The molecule has 0 aliphatic carbocycles. The summed E-state index contributed by atoms with van der Waals surface area (Å²) < 4.78 is 30.0. The molecule has 37 heavy (non-hydrogen) atoms. The Balaban J connectivity index is 1.23. The van der Waals surface area contributed by atoms with Crippen molar-refractivity contribution in [2.75, 3.05) is 37.6 Å². The first-order chi connectivity index (χ1) is 17.8. The summed E-state index contributed by atoms with van der Waals surface area (Å²) >= 11 is 5.16. The molecule has 1 saturated heterocycles. The largest absolute Gasteiger partial charge is 0.345 e. The van der Waals surface area contributed by atoms with Crippen molar-refractivity contribution in [3.63, 3.8) is 0 Å². The molecule has 7 nitrogen and oxygen atoms in total. The number of hydrogen-bond donors (Lipinski definition) is 0. The Bertz CT molecular complexity index is 1500. The standard InChI is InChI=1S/C27H27BrN4O3S2/c1-2-32(19-20-6-4-3-5-7-20)37(34,35)23-11-8-21(9-12-23)26(33)30-14-16-31(17-15-30)27-29-24-13-10-22(28)18-25(24)36-27/h3-13,18H,2,14-17,19H2,1H3. The van der Waals surface area contributed by atoms with E-state index in [4.69, 9.17) is 4.98 Å². The van der Waals surface area contributed by atoms with Crippen LogP contribution < -0.4 is 4.90 Å². The van der Waals surface area contributed by atoms with Gasteiger partial charge in [-0.3, -0.25) is 4.79 Å². The molecule has 3 aromatic carbocycles. The zero-order chi connectivity index (χ0) is 26.0. The number of amides is 1. The van der Waals surface area contributed by atoms with E-state index >= 15 is 0 Å². The minimum atomic E-state index is -3.68. The van der Waals surface area contributed by atoms with Gasteiger partial charge in [0.15, 0.2) is 5.13 Å². The number of benzene rings is 3. The zero-order valence-electron chi connectivity index (χ0n) is 20.4. The summed E-state index contributed by atoms with van der Waals surface area (Å²) in [7, 11) is -3.68. The quantitative estimate of drug-likeness (QED) is 0.291. The second-order valence-corrected chi connectivity index (χ2v) is 12.7.